The number of hydrogen-bond acceptors (Lipinski definition) is 3. The van der Waals surface area contributed by atoms with Crippen LogP contribution >= 0.6 is 23.4 Å². The van der Waals surface area contributed by atoms with Crippen LogP contribution in [0.3, 0.4) is 0 Å². The number of nitrogens with one attached hydrogen (secondary N) is 1. The van der Waals surface area contributed by atoms with Crippen molar-refractivity contribution in [1.82, 2.24) is 4.98 Å². The number of rotatable bonds is 6. The maximum absolute atomic E-state index is 11.5. The summed E-state index contributed by atoms with van der Waals surface area (Å²) in [6.45, 7) is 2.24. The van der Waals surface area contributed by atoms with E-state index in [-0.39, 0.29) is 5.97 Å². The fraction of sp³-hybridized carbons (Fsp3) is 0.211. The highest BCUT2D eigenvalue weighted by Gasteiger charge is 2.11. The van der Waals surface area contributed by atoms with Crippen LogP contribution in [0.2, 0.25) is 5.02 Å². The number of benzene rings is 2. The molecule has 0 bridgehead atoms. The highest BCUT2D eigenvalue weighted by atomic mass is 35.5. The van der Waals surface area contributed by atoms with E-state index in [1.807, 2.05) is 37.4 Å². The van der Waals surface area contributed by atoms with Gasteiger partial charge in [-0.3, -0.25) is 4.79 Å². The molecule has 0 unspecified atom stereocenters. The minimum absolute atomic E-state index is 0.158. The van der Waals surface area contributed by atoms with Gasteiger partial charge in [0.15, 0.2) is 0 Å². The molecule has 3 aromatic rings. The topological polar surface area (TPSA) is 42.1 Å². The molecular weight excluding hydrogens is 342 g/mol. The molecule has 0 saturated heterocycles. The average molecular weight is 360 g/mol. The molecule has 124 valence electrons. The summed E-state index contributed by atoms with van der Waals surface area (Å²) in [6, 6.07) is 14.2. The SMILES string of the molecule is CCOC(=O)CCSc1ccccc1-c1cc2cc[nH]c2cc1Cl. The van der Waals surface area contributed by atoms with Gasteiger partial charge in [-0.1, -0.05) is 29.8 Å². The molecule has 0 radical (unpaired) electrons. The smallest absolute Gasteiger partial charge is 0.306 e. The second kappa shape index (κ2) is 7.77. The zero-order valence-electron chi connectivity index (χ0n) is 13.3. The molecule has 0 aliphatic carbocycles. The molecule has 0 aliphatic rings. The number of halogens is 1. The van der Waals surface area contributed by atoms with Gasteiger partial charge < -0.3 is 9.72 Å². The molecule has 0 spiro atoms. The van der Waals surface area contributed by atoms with Crippen molar-refractivity contribution in [3.05, 3.63) is 53.7 Å². The summed E-state index contributed by atoms with van der Waals surface area (Å²) in [6.07, 6.45) is 2.31. The van der Waals surface area contributed by atoms with Crippen molar-refractivity contribution in [1.29, 1.82) is 0 Å². The van der Waals surface area contributed by atoms with E-state index in [1.54, 1.807) is 11.8 Å². The maximum Gasteiger partial charge on any atom is 0.306 e. The zero-order chi connectivity index (χ0) is 16.9. The molecule has 0 aliphatic heterocycles. The van der Waals surface area contributed by atoms with Crippen molar-refractivity contribution in [2.24, 2.45) is 0 Å². The molecule has 2 aromatic carbocycles. The van der Waals surface area contributed by atoms with Gasteiger partial charge in [-0.05, 0) is 36.8 Å². The van der Waals surface area contributed by atoms with Gasteiger partial charge in [0, 0.05) is 33.3 Å². The Kier molecular flexibility index (Phi) is 5.48. The molecule has 3 nitrogen and oxygen atoms in total. The molecule has 0 fully saturated rings. The lowest BCUT2D eigenvalue weighted by Gasteiger charge is -2.11. The number of hydrogen-bond donors (Lipinski definition) is 1. The summed E-state index contributed by atoms with van der Waals surface area (Å²) in [5.41, 5.74) is 3.11. The van der Waals surface area contributed by atoms with E-state index in [9.17, 15) is 4.79 Å². The van der Waals surface area contributed by atoms with Gasteiger partial charge in [0.1, 0.15) is 0 Å². The van der Waals surface area contributed by atoms with Crippen LogP contribution in [0.25, 0.3) is 22.0 Å². The Morgan fingerprint density at radius 3 is 2.88 bits per heavy atom. The predicted molar refractivity (Wildman–Crippen MR) is 101 cm³/mol. The number of fused-ring (bicyclic) bond motifs is 1. The van der Waals surface area contributed by atoms with E-state index in [0.29, 0.717) is 23.8 Å². The molecule has 1 N–H and O–H groups in total. The second-order valence-electron chi connectivity index (χ2n) is 5.30. The third-order valence-corrected chi connectivity index (χ3v) is 5.08. The van der Waals surface area contributed by atoms with Gasteiger partial charge in [0.05, 0.1) is 18.1 Å². The number of carbonyl (C=O) groups is 1. The van der Waals surface area contributed by atoms with Gasteiger partial charge >= 0.3 is 5.97 Å². The van der Waals surface area contributed by atoms with Crippen LogP contribution in [0.1, 0.15) is 13.3 Å². The van der Waals surface area contributed by atoms with Crippen LogP contribution in [0, 0.1) is 0 Å². The number of aromatic nitrogens is 1. The van der Waals surface area contributed by atoms with Crippen molar-refractivity contribution < 1.29 is 9.53 Å². The van der Waals surface area contributed by atoms with Crippen LogP contribution in [-0.4, -0.2) is 23.3 Å². The van der Waals surface area contributed by atoms with E-state index in [1.165, 1.54) is 0 Å². The quantitative estimate of drug-likeness (QED) is 0.464. The number of thioether (sulfide) groups is 1. The van der Waals surface area contributed by atoms with Crippen LogP contribution in [0.5, 0.6) is 0 Å². The number of ether oxygens (including phenoxy) is 1. The Bertz CT molecular complexity index is 859. The Morgan fingerprint density at radius 2 is 2.04 bits per heavy atom. The van der Waals surface area contributed by atoms with Crippen LogP contribution in [-0.2, 0) is 9.53 Å². The summed E-state index contributed by atoms with van der Waals surface area (Å²) in [7, 11) is 0. The number of carbonyl (C=O) groups excluding carboxylic acids is 1. The van der Waals surface area contributed by atoms with Gasteiger partial charge in [-0.25, -0.2) is 0 Å². The largest absolute Gasteiger partial charge is 0.466 e. The van der Waals surface area contributed by atoms with E-state index in [2.05, 4.69) is 23.2 Å². The first kappa shape index (κ1) is 16.9. The average Bonchev–Trinajstić information content (AvgIpc) is 3.02. The minimum atomic E-state index is -0.158. The summed E-state index contributed by atoms with van der Waals surface area (Å²) in [5.74, 6) is 0.522. The lowest BCUT2D eigenvalue weighted by atomic mass is 10.0. The number of esters is 1. The lowest BCUT2D eigenvalue weighted by molar-refractivity contribution is -0.142. The summed E-state index contributed by atoms with van der Waals surface area (Å²) >= 11 is 8.13. The third kappa shape index (κ3) is 3.77. The number of aromatic amines is 1. The van der Waals surface area contributed by atoms with Gasteiger partial charge in [0.25, 0.3) is 0 Å². The van der Waals surface area contributed by atoms with Crippen molar-refractivity contribution in [2.45, 2.75) is 18.2 Å². The fourth-order valence-corrected chi connectivity index (χ4v) is 3.84. The lowest BCUT2D eigenvalue weighted by Crippen LogP contribution is -2.04. The van der Waals surface area contributed by atoms with Crippen molar-refractivity contribution in [2.75, 3.05) is 12.4 Å². The van der Waals surface area contributed by atoms with E-state index < -0.39 is 0 Å². The molecule has 0 saturated carbocycles. The molecule has 1 heterocycles. The predicted octanol–water partition coefficient (Wildman–Crippen LogP) is 5.53. The molecule has 24 heavy (non-hydrogen) atoms. The first-order chi connectivity index (χ1) is 11.7. The molecule has 0 amide bonds. The summed E-state index contributed by atoms with van der Waals surface area (Å²) < 4.78 is 4.98. The Labute approximate surface area is 150 Å². The van der Waals surface area contributed by atoms with Crippen molar-refractivity contribution in [3.63, 3.8) is 0 Å². The van der Waals surface area contributed by atoms with E-state index in [4.69, 9.17) is 16.3 Å². The fourth-order valence-electron chi connectivity index (χ4n) is 2.57. The normalized spacial score (nSPS) is 10.9. The monoisotopic (exact) mass is 359 g/mol. The molecular formula is C19H18ClNO2S. The Morgan fingerprint density at radius 1 is 1.21 bits per heavy atom. The molecule has 5 heteroatoms. The Hall–Kier alpha value is -1.91. The second-order valence-corrected chi connectivity index (χ2v) is 6.84. The summed E-state index contributed by atoms with van der Waals surface area (Å²) in [5, 5.41) is 1.84. The van der Waals surface area contributed by atoms with Crippen LogP contribution in [0.4, 0.5) is 0 Å². The van der Waals surface area contributed by atoms with Crippen molar-refractivity contribution in [3.8, 4) is 11.1 Å². The molecule has 3 rings (SSSR count). The highest BCUT2D eigenvalue weighted by Crippen LogP contribution is 2.37. The van der Waals surface area contributed by atoms with Crippen LogP contribution < -0.4 is 0 Å². The van der Waals surface area contributed by atoms with Crippen molar-refractivity contribution >= 4 is 40.2 Å². The Balaban J connectivity index is 1.85. The van der Waals surface area contributed by atoms with Gasteiger partial charge in [-0.15, -0.1) is 11.8 Å². The van der Waals surface area contributed by atoms with Crippen LogP contribution in [0.15, 0.2) is 53.6 Å². The zero-order valence-corrected chi connectivity index (χ0v) is 14.9. The maximum atomic E-state index is 11.5. The van der Waals surface area contributed by atoms with Gasteiger partial charge in [-0.2, -0.15) is 0 Å². The van der Waals surface area contributed by atoms with E-state index >= 15 is 0 Å². The molecule has 0 atom stereocenters. The highest BCUT2D eigenvalue weighted by molar-refractivity contribution is 7.99. The standard InChI is InChI=1S/C19H18ClNO2S/c1-2-23-19(22)8-10-24-18-6-4-3-5-14(18)15-11-13-7-9-21-17(13)12-16(15)20/h3-7,9,11-12,21H,2,8,10H2,1H3. The van der Waals surface area contributed by atoms with Gasteiger partial charge in [0.2, 0.25) is 0 Å². The van der Waals surface area contributed by atoms with E-state index in [0.717, 1.165) is 26.9 Å². The third-order valence-electron chi connectivity index (χ3n) is 3.69. The first-order valence-electron chi connectivity index (χ1n) is 7.83. The molecule has 1 aromatic heterocycles. The number of H-pyrrole nitrogens is 1. The minimum Gasteiger partial charge on any atom is -0.466 e. The summed E-state index contributed by atoms with van der Waals surface area (Å²) in [4.78, 5) is 15.8. The first-order valence-corrected chi connectivity index (χ1v) is 9.20.